The van der Waals surface area contributed by atoms with E-state index in [0.717, 1.165) is 17.7 Å². The molecule has 8 nitrogen and oxygen atoms in total. The summed E-state index contributed by atoms with van der Waals surface area (Å²) in [6, 6.07) is 7.28. The maximum absolute atomic E-state index is 12.3. The molecule has 0 radical (unpaired) electrons. The molecule has 2 aromatic carbocycles. The fourth-order valence-corrected chi connectivity index (χ4v) is 2.70. The Labute approximate surface area is 144 Å². The van der Waals surface area contributed by atoms with Gasteiger partial charge in [-0.25, -0.2) is 0 Å². The Kier molecular flexibility index (Phi) is 4.93. The number of carbonyl (C=O) groups excluding carboxylic acids is 1. The topological polar surface area (TPSA) is 115 Å². The molecule has 0 heterocycles. The number of hydrogen-bond donors (Lipinski definition) is 1. The van der Waals surface area contributed by atoms with Gasteiger partial charge in [0.25, 0.3) is 17.3 Å². The molecule has 0 aliphatic rings. The fraction of sp³-hybridized carbons (Fsp3) is 0.133. The molecule has 0 atom stereocenters. The lowest BCUT2D eigenvalue weighted by Gasteiger charge is -2.09. The van der Waals surface area contributed by atoms with Crippen LogP contribution in [0.15, 0.2) is 34.8 Å². The van der Waals surface area contributed by atoms with Crippen molar-refractivity contribution in [3.05, 3.63) is 71.7 Å². The molecule has 0 unspecified atom stereocenters. The average molecular weight is 394 g/mol. The van der Waals surface area contributed by atoms with Crippen LogP contribution in [0.4, 0.5) is 17.1 Å². The zero-order chi connectivity index (χ0) is 18.0. The lowest BCUT2D eigenvalue weighted by atomic mass is 10.1. The summed E-state index contributed by atoms with van der Waals surface area (Å²) in [5, 5.41) is 24.7. The molecule has 2 rings (SSSR count). The van der Waals surface area contributed by atoms with E-state index in [1.165, 1.54) is 6.92 Å². The minimum Gasteiger partial charge on any atom is -0.321 e. The molecule has 2 aromatic rings. The lowest BCUT2D eigenvalue weighted by Crippen LogP contribution is -2.13. The van der Waals surface area contributed by atoms with Gasteiger partial charge in [0.15, 0.2) is 0 Å². The Bertz CT molecular complexity index is 831. The summed E-state index contributed by atoms with van der Waals surface area (Å²) in [5.41, 5.74) is 0.220. The summed E-state index contributed by atoms with van der Waals surface area (Å²) >= 11 is 3.30. The highest BCUT2D eigenvalue weighted by atomic mass is 79.9. The van der Waals surface area contributed by atoms with Crippen molar-refractivity contribution in [2.24, 2.45) is 0 Å². The Morgan fingerprint density at radius 1 is 1.04 bits per heavy atom. The Morgan fingerprint density at radius 2 is 1.58 bits per heavy atom. The largest absolute Gasteiger partial charge is 0.321 e. The van der Waals surface area contributed by atoms with Crippen LogP contribution in [0.25, 0.3) is 0 Å². The third-order valence-corrected chi connectivity index (χ3v) is 4.04. The molecular weight excluding hydrogens is 382 g/mol. The summed E-state index contributed by atoms with van der Waals surface area (Å²) < 4.78 is 0.631. The molecule has 0 bridgehead atoms. The number of nitro groups is 2. The van der Waals surface area contributed by atoms with Gasteiger partial charge < -0.3 is 5.32 Å². The molecule has 0 saturated heterocycles. The second-order valence-corrected chi connectivity index (χ2v) is 5.95. The summed E-state index contributed by atoms with van der Waals surface area (Å²) in [5.74, 6) is -0.675. The number of benzene rings is 2. The first-order chi connectivity index (χ1) is 11.2. The summed E-state index contributed by atoms with van der Waals surface area (Å²) in [7, 11) is 0. The number of nitrogens with one attached hydrogen (secondary N) is 1. The third kappa shape index (κ3) is 3.57. The van der Waals surface area contributed by atoms with E-state index in [1.807, 2.05) is 6.92 Å². The zero-order valence-corrected chi connectivity index (χ0v) is 14.3. The molecular formula is C15H12BrN3O5. The Morgan fingerprint density at radius 3 is 2.04 bits per heavy atom. The van der Waals surface area contributed by atoms with Crippen molar-refractivity contribution in [1.29, 1.82) is 0 Å². The molecule has 9 heteroatoms. The first-order valence-electron chi connectivity index (χ1n) is 6.71. The number of aryl methyl sites for hydroxylation is 1. The van der Waals surface area contributed by atoms with Crippen LogP contribution in [0.1, 0.15) is 21.5 Å². The second-order valence-electron chi connectivity index (χ2n) is 5.09. The fourth-order valence-electron chi connectivity index (χ4n) is 2.11. The maximum Gasteiger partial charge on any atom is 0.279 e. The van der Waals surface area contributed by atoms with Crippen LogP contribution in [0.5, 0.6) is 0 Å². The number of nitro benzene ring substituents is 2. The van der Waals surface area contributed by atoms with Gasteiger partial charge in [-0.3, -0.25) is 25.0 Å². The number of halogens is 1. The van der Waals surface area contributed by atoms with E-state index in [9.17, 15) is 25.0 Å². The van der Waals surface area contributed by atoms with Gasteiger partial charge in [0, 0.05) is 16.6 Å². The van der Waals surface area contributed by atoms with Crippen molar-refractivity contribution < 1.29 is 14.6 Å². The molecule has 1 amide bonds. The summed E-state index contributed by atoms with van der Waals surface area (Å²) in [4.78, 5) is 33.0. The number of nitrogens with zero attached hydrogens (tertiary/aromatic N) is 2. The third-order valence-electron chi connectivity index (χ3n) is 3.38. The minimum absolute atomic E-state index is 0.0990. The first kappa shape index (κ1) is 17.5. The molecule has 124 valence electrons. The highest BCUT2D eigenvalue weighted by Crippen LogP contribution is 2.30. The number of rotatable bonds is 4. The van der Waals surface area contributed by atoms with Crippen molar-refractivity contribution in [3.63, 3.8) is 0 Å². The van der Waals surface area contributed by atoms with Gasteiger partial charge in [-0.15, -0.1) is 0 Å². The lowest BCUT2D eigenvalue weighted by molar-refractivity contribution is -0.395. The molecule has 0 spiro atoms. The van der Waals surface area contributed by atoms with Crippen LogP contribution >= 0.6 is 15.9 Å². The monoisotopic (exact) mass is 393 g/mol. The maximum atomic E-state index is 12.3. The number of anilines is 1. The van der Waals surface area contributed by atoms with Crippen molar-refractivity contribution in [1.82, 2.24) is 0 Å². The molecule has 0 aliphatic heterocycles. The second kappa shape index (κ2) is 6.75. The van der Waals surface area contributed by atoms with Crippen molar-refractivity contribution in [2.75, 3.05) is 5.32 Å². The van der Waals surface area contributed by atoms with Gasteiger partial charge in [-0.1, -0.05) is 6.07 Å². The van der Waals surface area contributed by atoms with Gasteiger partial charge >= 0.3 is 0 Å². The van der Waals surface area contributed by atoms with Crippen LogP contribution < -0.4 is 5.32 Å². The van der Waals surface area contributed by atoms with E-state index in [2.05, 4.69) is 21.2 Å². The van der Waals surface area contributed by atoms with Gasteiger partial charge in [-0.2, -0.15) is 0 Å². The predicted molar refractivity (Wildman–Crippen MR) is 91.3 cm³/mol. The number of carbonyl (C=O) groups is 1. The number of hydrogen-bond acceptors (Lipinski definition) is 5. The van der Waals surface area contributed by atoms with Crippen molar-refractivity contribution >= 4 is 38.9 Å². The highest BCUT2D eigenvalue weighted by Gasteiger charge is 2.25. The summed E-state index contributed by atoms with van der Waals surface area (Å²) in [6.45, 7) is 3.15. The molecule has 0 aliphatic carbocycles. The number of amides is 1. The standard InChI is InChI=1S/C15H12BrN3O5/c1-8-3-4-12(11(16)5-8)17-15(20)10-6-13(18(21)22)9(2)14(7-10)19(23)24/h3-7H,1-2H3,(H,17,20). The SMILES string of the molecule is Cc1ccc(NC(=O)c2cc([N+](=O)[O-])c(C)c([N+](=O)[O-])c2)c(Br)c1. The molecule has 0 aromatic heterocycles. The van der Waals surface area contributed by atoms with Gasteiger partial charge in [0.05, 0.1) is 21.1 Å². The van der Waals surface area contributed by atoms with Crippen LogP contribution in [-0.4, -0.2) is 15.8 Å². The highest BCUT2D eigenvalue weighted by molar-refractivity contribution is 9.10. The predicted octanol–water partition coefficient (Wildman–Crippen LogP) is 4.13. The van der Waals surface area contributed by atoms with E-state index in [1.54, 1.807) is 18.2 Å². The molecule has 0 saturated carbocycles. The Hall–Kier alpha value is -2.81. The van der Waals surface area contributed by atoms with Crippen LogP contribution in [0.3, 0.4) is 0 Å². The van der Waals surface area contributed by atoms with E-state index in [4.69, 9.17) is 0 Å². The van der Waals surface area contributed by atoms with Gasteiger partial charge in [0.2, 0.25) is 0 Å². The molecule has 24 heavy (non-hydrogen) atoms. The van der Waals surface area contributed by atoms with Crippen molar-refractivity contribution in [2.45, 2.75) is 13.8 Å². The van der Waals surface area contributed by atoms with Crippen LogP contribution in [-0.2, 0) is 0 Å². The minimum atomic E-state index is -0.749. The van der Waals surface area contributed by atoms with E-state index in [0.29, 0.717) is 10.2 Å². The van der Waals surface area contributed by atoms with E-state index >= 15 is 0 Å². The average Bonchev–Trinajstić information content (AvgIpc) is 2.49. The molecule has 1 N–H and O–H groups in total. The normalized spacial score (nSPS) is 10.3. The van der Waals surface area contributed by atoms with E-state index < -0.39 is 27.1 Å². The zero-order valence-electron chi connectivity index (χ0n) is 12.7. The first-order valence-corrected chi connectivity index (χ1v) is 7.51. The van der Waals surface area contributed by atoms with Gasteiger partial charge in [-0.05, 0) is 47.5 Å². The van der Waals surface area contributed by atoms with Crippen molar-refractivity contribution in [3.8, 4) is 0 Å². The van der Waals surface area contributed by atoms with Crippen LogP contribution in [0, 0.1) is 34.1 Å². The van der Waals surface area contributed by atoms with E-state index in [-0.39, 0.29) is 11.1 Å². The van der Waals surface area contributed by atoms with Crippen LogP contribution in [0.2, 0.25) is 0 Å². The quantitative estimate of drug-likeness (QED) is 0.618. The van der Waals surface area contributed by atoms with Gasteiger partial charge in [0.1, 0.15) is 5.56 Å². The summed E-state index contributed by atoms with van der Waals surface area (Å²) in [6.07, 6.45) is 0. The Balaban J connectivity index is 2.45. The smallest absolute Gasteiger partial charge is 0.279 e. The molecule has 0 fully saturated rings.